The van der Waals surface area contributed by atoms with Gasteiger partial charge in [-0.25, -0.2) is 0 Å². The van der Waals surface area contributed by atoms with Gasteiger partial charge in [0.1, 0.15) is 12.4 Å². The van der Waals surface area contributed by atoms with Gasteiger partial charge < -0.3 is 15.2 Å². The predicted octanol–water partition coefficient (Wildman–Crippen LogP) is 1.61. The van der Waals surface area contributed by atoms with E-state index in [9.17, 15) is 14.7 Å². The van der Waals surface area contributed by atoms with Crippen molar-refractivity contribution < 1.29 is 19.4 Å². The Morgan fingerprint density at radius 1 is 1.33 bits per heavy atom. The molecule has 1 saturated carbocycles. The van der Waals surface area contributed by atoms with E-state index in [1.54, 1.807) is 0 Å². The summed E-state index contributed by atoms with van der Waals surface area (Å²) in [5, 5.41) is 12.1. The Kier molecular flexibility index (Phi) is 3.57. The SMILES string of the molecule is O=C(NCC1(C(=O)O)CCC1)C1COc2ccccc2C1. The van der Waals surface area contributed by atoms with Gasteiger partial charge in [0, 0.05) is 6.54 Å². The summed E-state index contributed by atoms with van der Waals surface area (Å²) in [6.45, 7) is 0.572. The monoisotopic (exact) mass is 289 g/mol. The highest BCUT2D eigenvalue weighted by Gasteiger charge is 2.44. The van der Waals surface area contributed by atoms with Gasteiger partial charge >= 0.3 is 5.97 Å². The second-order valence-electron chi connectivity index (χ2n) is 5.98. The average Bonchev–Trinajstić information content (AvgIpc) is 2.45. The number of benzene rings is 1. The maximum atomic E-state index is 12.2. The molecule has 2 N–H and O–H groups in total. The average molecular weight is 289 g/mol. The number of carbonyl (C=O) groups is 2. The zero-order valence-electron chi connectivity index (χ0n) is 11.8. The molecular formula is C16H19NO4. The number of carboxylic acid groups (broad SMARTS) is 1. The van der Waals surface area contributed by atoms with Gasteiger partial charge in [-0.15, -0.1) is 0 Å². The van der Waals surface area contributed by atoms with Crippen LogP contribution in [0.3, 0.4) is 0 Å². The van der Waals surface area contributed by atoms with Crippen molar-refractivity contribution in [3.63, 3.8) is 0 Å². The first-order valence-corrected chi connectivity index (χ1v) is 7.32. The van der Waals surface area contributed by atoms with Gasteiger partial charge in [0.2, 0.25) is 5.91 Å². The van der Waals surface area contributed by atoms with Crippen molar-refractivity contribution in [3.05, 3.63) is 29.8 Å². The minimum Gasteiger partial charge on any atom is -0.492 e. The van der Waals surface area contributed by atoms with Crippen LogP contribution in [0.2, 0.25) is 0 Å². The molecule has 5 heteroatoms. The lowest BCUT2D eigenvalue weighted by Gasteiger charge is -2.38. The highest BCUT2D eigenvalue weighted by molar-refractivity contribution is 5.81. The number of ether oxygens (including phenoxy) is 1. The molecule has 5 nitrogen and oxygen atoms in total. The number of amides is 1. The van der Waals surface area contributed by atoms with Crippen LogP contribution in [0.15, 0.2) is 24.3 Å². The summed E-state index contributed by atoms with van der Waals surface area (Å²) in [5.41, 5.74) is 0.281. The molecule has 1 atom stereocenters. The molecule has 1 fully saturated rings. The van der Waals surface area contributed by atoms with Gasteiger partial charge in [-0.05, 0) is 30.9 Å². The molecule has 0 radical (unpaired) electrons. The third-order valence-electron chi connectivity index (χ3n) is 4.62. The van der Waals surface area contributed by atoms with Crippen LogP contribution >= 0.6 is 0 Å². The molecule has 2 aliphatic rings. The number of nitrogens with one attached hydrogen (secondary N) is 1. The zero-order valence-corrected chi connectivity index (χ0v) is 11.8. The Labute approximate surface area is 123 Å². The molecule has 1 heterocycles. The number of carboxylic acids is 1. The first-order chi connectivity index (χ1) is 10.1. The fourth-order valence-corrected chi connectivity index (χ4v) is 2.97. The van der Waals surface area contributed by atoms with Crippen LogP contribution in [0, 0.1) is 11.3 Å². The van der Waals surface area contributed by atoms with Crippen molar-refractivity contribution in [2.24, 2.45) is 11.3 Å². The van der Waals surface area contributed by atoms with E-state index in [2.05, 4.69) is 5.32 Å². The van der Waals surface area contributed by atoms with Gasteiger partial charge in [-0.3, -0.25) is 9.59 Å². The van der Waals surface area contributed by atoms with Gasteiger partial charge in [0.15, 0.2) is 0 Å². The second-order valence-corrected chi connectivity index (χ2v) is 5.98. The molecule has 1 unspecified atom stereocenters. The van der Waals surface area contributed by atoms with Crippen LogP contribution in [0.4, 0.5) is 0 Å². The number of carbonyl (C=O) groups excluding carboxylic acids is 1. The lowest BCUT2D eigenvalue weighted by Crippen LogP contribution is -2.49. The van der Waals surface area contributed by atoms with E-state index in [1.807, 2.05) is 24.3 Å². The quantitative estimate of drug-likeness (QED) is 0.883. The van der Waals surface area contributed by atoms with Crippen molar-refractivity contribution in [1.29, 1.82) is 0 Å². The van der Waals surface area contributed by atoms with Crippen molar-refractivity contribution >= 4 is 11.9 Å². The number of para-hydroxylation sites is 1. The summed E-state index contributed by atoms with van der Waals surface area (Å²) in [6, 6.07) is 7.69. The van der Waals surface area contributed by atoms with Crippen LogP contribution < -0.4 is 10.1 Å². The van der Waals surface area contributed by atoms with E-state index in [4.69, 9.17) is 4.74 Å². The maximum absolute atomic E-state index is 12.2. The lowest BCUT2D eigenvalue weighted by molar-refractivity contribution is -0.154. The largest absolute Gasteiger partial charge is 0.492 e. The third kappa shape index (κ3) is 2.60. The highest BCUT2D eigenvalue weighted by atomic mass is 16.5. The molecule has 0 spiro atoms. The van der Waals surface area contributed by atoms with Crippen molar-refractivity contribution in [2.45, 2.75) is 25.7 Å². The van der Waals surface area contributed by atoms with Crippen molar-refractivity contribution in [3.8, 4) is 5.75 Å². The molecule has 0 saturated heterocycles. The third-order valence-corrected chi connectivity index (χ3v) is 4.62. The zero-order chi connectivity index (χ0) is 14.9. The Morgan fingerprint density at radius 3 is 2.76 bits per heavy atom. The number of hydrogen-bond donors (Lipinski definition) is 2. The fourth-order valence-electron chi connectivity index (χ4n) is 2.97. The van der Waals surface area contributed by atoms with Gasteiger partial charge in [-0.2, -0.15) is 0 Å². The Balaban J connectivity index is 1.59. The fraction of sp³-hybridized carbons (Fsp3) is 0.500. The van der Waals surface area contributed by atoms with Gasteiger partial charge in [0.25, 0.3) is 0 Å². The second kappa shape index (κ2) is 5.39. The normalized spacial score (nSPS) is 22.4. The van der Waals surface area contributed by atoms with Crippen LogP contribution in [-0.4, -0.2) is 30.1 Å². The highest BCUT2D eigenvalue weighted by Crippen LogP contribution is 2.40. The van der Waals surface area contributed by atoms with Crippen LogP contribution in [0.5, 0.6) is 5.75 Å². The van der Waals surface area contributed by atoms with Gasteiger partial charge in [0.05, 0.1) is 11.3 Å². The number of rotatable bonds is 4. The first-order valence-electron chi connectivity index (χ1n) is 7.32. The van der Waals surface area contributed by atoms with Crippen molar-refractivity contribution in [2.75, 3.05) is 13.2 Å². The molecule has 1 aromatic carbocycles. The Hall–Kier alpha value is -2.04. The molecule has 1 amide bonds. The van der Waals surface area contributed by atoms with Gasteiger partial charge in [-0.1, -0.05) is 24.6 Å². The molecule has 112 valence electrons. The summed E-state index contributed by atoms with van der Waals surface area (Å²) in [6.07, 6.45) is 2.85. The standard InChI is InChI=1S/C16H19NO4/c18-14(17-10-16(15(19)20)6-3-7-16)12-8-11-4-1-2-5-13(11)21-9-12/h1-2,4-5,12H,3,6-10H2,(H,17,18)(H,19,20). The lowest BCUT2D eigenvalue weighted by atomic mass is 9.68. The van der Waals surface area contributed by atoms with E-state index in [0.717, 1.165) is 17.7 Å². The minimum atomic E-state index is -0.806. The Morgan fingerprint density at radius 2 is 2.10 bits per heavy atom. The van der Waals surface area contributed by atoms with E-state index in [1.165, 1.54) is 0 Å². The summed E-state index contributed by atoms with van der Waals surface area (Å²) < 4.78 is 5.60. The smallest absolute Gasteiger partial charge is 0.311 e. The van der Waals surface area contributed by atoms with E-state index < -0.39 is 11.4 Å². The summed E-state index contributed by atoms with van der Waals surface area (Å²) in [4.78, 5) is 23.5. The first kappa shape index (κ1) is 13.9. The maximum Gasteiger partial charge on any atom is 0.311 e. The summed E-state index contributed by atoms with van der Waals surface area (Å²) >= 11 is 0. The number of hydrogen-bond acceptors (Lipinski definition) is 3. The molecule has 1 aromatic rings. The van der Waals surface area contributed by atoms with Crippen LogP contribution in [0.1, 0.15) is 24.8 Å². The molecule has 1 aliphatic heterocycles. The molecular weight excluding hydrogens is 270 g/mol. The van der Waals surface area contributed by atoms with Crippen LogP contribution in [0.25, 0.3) is 0 Å². The molecule has 1 aliphatic carbocycles. The van der Waals surface area contributed by atoms with Crippen LogP contribution in [-0.2, 0) is 16.0 Å². The molecule has 0 aromatic heterocycles. The van der Waals surface area contributed by atoms with E-state index in [0.29, 0.717) is 25.9 Å². The van der Waals surface area contributed by atoms with E-state index >= 15 is 0 Å². The van der Waals surface area contributed by atoms with E-state index in [-0.39, 0.29) is 18.4 Å². The number of fused-ring (bicyclic) bond motifs is 1. The topological polar surface area (TPSA) is 75.6 Å². The summed E-state index contributed by atoms with van der Waals surface area (Å²) in [5.74, 6) is -0.329. The number of aliphatic carboxylic acids is 1. The molecule has 3 rings (SSSR count). The summed E-state index contributed by atoms with van der Waals surface area (Å²) in [7, 11) is 0. The Bertz CT molecular complexity index is 565. The molecule has 0 bridgehead atoms. The minimum absolute atomic E-state index is 0.114. The predicted molar refractivity (Wildman–Crippen MR) is 76.1 cm³/mol. The molecule has 21 heavy (non-hydrogen) atoms. The van der Waals surface area contributed by atoms with Crippen molar-refractivity contribution in [1.82, 2.24) is 5.32 Å².